The Balaban J connectivity index is 1.56. The number of anilines is 1. The molecule has 41 heavy (non-hydrogen) atoms. The van der Waals surface area contributed by atoms with Crippen LogP contribution in [-0.4, -0.2) is 57.0 Å². The quantitative estimate of drug-likeness (QED) is 0.171. The number of aromatic hydroxyl groups is 1. The largest absolute Gasteiger partial charge is 0.507 e. The number of hydrogen-bond donors (Lipinski definition) is 5. The number of aryl methyl sites for hydroxylation is 2. The summed E-state index contributed by atoms with van der Waals surface area (Å²) in [6.07, 6.45) is 4.33. The minimum absolute atomic E-state index is 0.163. The number of aliphatic hydroxyl groups excluding tert-OH is 2. The molecule has 4 rings (SSSR count). The van der Waals surface area contributed by atoms with Gasteiger partial charge < -0.3 is 25.4 Å². The third kappa shape index (κ3) is 6.18. The van der Waals surface area contributed by atoms with Gasteiger partial charge in [-0.1, -0.05) is 42.7 Å². The Morgan fingerprint density at radius 2 is 1.76 bits per heavy atom. The number of amides is 2. The van der Waals surface area contributed by atoms with Gasteiger partial charge in [-0.15, -0.1) is 0 Å². The third-order valence-corrected chi connectivity index (χ3v) is 8.50. The lowest BCUT2D eigenvalue weighted by Gasteiger charge is -2.35. The zero-order valence-corrected chi connectivity index (χ0v) is 24.2. The van der Waals surface area contributed by atoms with Crippen molar-refractivity contribution in [3.8, 4) is 5.75 Å². The maximum absolute atomic E-state index is 13.6. The van der Waals surface area contributed by atoms with E-state index in [-0.39, 0.29) is 23.7 Å². The molecule has 0 saturated carbocycles. The fourth-order valence-corrected chi connectivity index (χ4v) is 6.57. The maximum atomic E-state index is 13.6. The predicted molar refractivity (Wildman–Crippen MR) is 159 cm³/mol. The van der Waals surface area contributed by atoms with E-state index in [1.54, 1.807) is 12.1 Å². The van der Waals surface area contributed by atoms with Crippen molar-refractivity contribution in [2.75, 3.05) is 11.5 Å². The molecule has 1 aliphatic heterocycles. The van der Waals surface area contributed by atoms with Crippen molar-refractivity contribution in [2.45, 2.75) is 65.9 Å². The van der Waals surface area contributed by atoms with Crippen LogP contribution in [0.15, 0.2) is 53.1 Å². The molecule has 0 radical (unpaired) electrons. The van der Waals surface area contributed by atoms with Crippen molar-refractivity contribution in [1.29, 1.82) is 0 Å². The van der Waals surface area contributed by atoms with Crippen molar-refractivity contribution >= 4 is 36.2 Å². The molecule has 2 aliphatic rings. The Labute approximate surface area is 241 Å². The van der Waals surface area contributed by atoms with Gasteiger partial charge in [-0.3, -0.25) is 14.5 Å². The predicted octanol–water partition coefficient (Wildman–Crippen LogP) is 3.15. The van der Waals surface area contributed by atoms with Gasteiger partial charge >= 0.3 is 7.12 Å². The Bertz CT molecular complexity index is 1360. The van der Waals surface area contributed by atoms with E-state index < -0.39 is 36.9 Å². The minimum Gasteiger partial charge on any atom is -0.507 e. The summed E-state index contributed by atoms with van der Waals surface area (Å²) in [5.74, 6) is -2.71. The normalized spacial score (nSPS) is 21.9. The van der Waals surface area contributed by atoms with Crippen LogP contribution in [0.3, 0.4) is 0 Å². The van der Waals surface area contributed by atoms with Gasteiger partial charge in [0.25, 0.3) is 0 Å². The molecule has 1 aliphatic carbocycles. The van der Waals surface area contributed by atoms with Crippen molar-refractivity contribution in [1.82, 2.24) is 0 Å². The average molecular weight is 561 g/mol. The molecule has 8 nitrogen and oxygen atoms in total. The number of phenols is 1. The van der Waals surface area contributed by atoms with Gasteiger partial charge in [0, 0.05) is 5.92 Å². The second kappa shape index (κ2) is 12.7. The Hall–Kier alpha value is -3.24. The van der Waals surface area contributed by atoms with Gasteiger partial charge in [0.2, 0.25) is 11.8 Å². The van der Waals surface area contributed by atoms with Crippen molar-refractivity contribution in [2.24, 2.45) is 17.8 Å². The first kappa shape index (κ1) is 30.7. The van der Waals surface area contributed by atoms with E-state index in [2.05, 4.69) is 13.0 Å². The highest BCUT2D eigenvalue weighted by Gasteiger charge is 2.54. The molecule has 5 N–H and O–H groups in total. The van der Waals surface area contributed by atoms with Gasteiger partial charge in [-0.25, -0.2) is 0 Å². The molecule has 2 aromatic carbocycles. The van der Waals surface area contributed by atoms with Gasteiger partial charge in [0.15, 0.2) is 0 Å². The van der Waals surface area contributed by atoms with E-state index >= 15 is 0 Å². The Morgan fingerprint density at radius 1 is 1.07 bits per heavy atom. The summed E-state index contributed by atoms with van der Waals surface area (Å²) >= 11 is 0. The molecule has 0 aromatic heterocycles. The molecule has 218 valence electrons. The smallest absolute Gasteiger partial charge is 0.488 e. The Kier molecular flexibility index (Phi) is 9.54. The summed E-state index contributed by atoms with van der Waals surface area (Å²) in [6.45, 7) is 7.31. The van der Waals surface area contributed by atoms with Crippen LogP contribution in [-0.2, 0) is 9.59 Å². The number of allylic oxidation sites excluding steroid dienone is 2. The summed E-state index contributed by atoms with van der Waals surface area (Å²) in [5, 5.41) is 51.1. The summed E-state index contributed by atoms with van der Waals surface area (Å²) in [7, 11) is -1.74. The zero-order chi connectivity index (χ0) is 30.0. The number of fused-ring (bicyclic) bond motifs is 1. The van der Waals surface area contributed by atoms with Crippen molar-refractivity contribution in [3.63, 3.8) is 0 Å². The lowest BCUT2D eigenvalue weighted by atomic mass is 9.68. The average Bonchev–Trinajstić information content (AvgIpc) is 3.18. The second-order valence-corrected chi connectivity index (χ2v) is 11.5. The van der Waals surface area contributed by atoms with Crippen LogP contribution in [0.1, 0.15) is 62.6 Å². The summed E-state index contributed by atoms with van der Waals surface area (Å²) in [5.41, 5.74) is 5.62. The second-order valence-electron chi connectivity index (χ2n) is 11.5. The van der Waals surface area contributed by atoms with Gasteiger partial charge in [-0.2, -0.15) is 0 Å². The van der Waals surface area contributed by atoms with E-state index in [4.69, 9.17) is 0 Å². The van der Waals surface area contributed by atoms with E-state index in [9.17, 15) is 35.0 Å². The molecular weight excluding hydrogens is 521 g/mol. The number of rotatable bonds is 10. The molecule has 1 saturated heterocycles. The van der Waals surface area contributed by atoms with Crippen LogP contribution in [0.4, 0.5) is 5.69 Å². The zero-order valence-electron chi connectivity index (χ0n) is 24.2. The molecule has 1 heterocycles. The molecule has 0 unspecified atom stereocenters. The fourth-order valence-electron chi connectivity index (χ4n) is 6.57. The standard InChI is InChI=1S/C32H40BNO7/c1-5-7-21(15-22-12-19(3)30(37)20(4)13-22)10-11-27(36)28-18(2)14-25-29(26(28)17-35)32(39)34(31(25)38)24-9-6-8-23(16-24)33(40)41/h6,8-9,12-13,15-16,25-27,29,35-37,40-41H,5,7,10-11,14,17H2,1-4H3/b21-15+/t25-,26+,27-,29-/m1/s1. The SMILES string of the molecule is CCC/C(=C\c1cc(C)c(O)c(C)c1)CC[C@@H](O)C1=C(C)C[C@H]2C(=O)N(c3cccc(B(O)O)c3)C(=O)[C@H]2[C@H]1CO. The number of imide groups is 1. The number of benzene rings is 2. The van der Waals surface area contributed by atoms with Crippen molar-refractivity contribution in [3.05, 3.63) is 69.8 Å². The summed E-state index contributed by atoms with van der Waals surface area (Å²) in [4.78, 5) is 28.2. The van der Waals surface area contributed by atoms with E-state index in [0.717, 1.165) is 45.6 Å². The van der Waals surface area contributed by atoms with E-state index in [1.807, 2.05) is 32.9 Å². The highest BCUT2D eigenvalue weighted by Crippen LogP contribution is 2.47. The molecule has 0 bridgehead atoms. The molecule has 1 fully saturated rings. The topological polar surface area (TPSA) is 139 Å². The van der Waals surface area contributed by atoms with Gasteiger partial charge in [-0.05, 0) is 98.4 Å². The number of aliphatic hydroxyl groups is 2. The van der Waals surface area contributed by atoms with Crippen LogP contribution in [0.5, 0.6) is 5.75 Å². The number of carbonyl (C=O) groups is 2. The molecule has 2 aromatic rings. The van der Waals surface area contributed by atoms with Crippen LogP contribution >= 0.6 is 0 Å². The highest BCUT2D eigenvalue weighted by molar-refractivity contribution is 6.58. The molecule has 2 amide bonds. The van der Waals surface area contributed by atoms with Crippen LogP contribution < -0.4 is 10.4 Å². The number of carbonyl (C=O) groups excluding carboxylic acids is 2. The maximum Gasteiger partial charge on any atom is 0.488 e. The first-order chi connectivity index (χ1) is 19.5. The first-order valence-corrected chi connectivity index (χ1v) is 14.3. The lowest BCUT2D eigenvalue weighted by Crippen LogP contribution is -2.39. The summed E-state index contributed by atoms with van der Waals surface area (Å²) in [6, 6.07) is 9.90. The molecule has 0 spiro atoms. The van der Waals surface area contributed by atoms with Gasteiger partial charge in [0.05, 0.1) is 30.2 Å². The van der Waals surface area contributed by atoms with Crippen molar-refractivity contribution < 1.29 is 35.0 Å². The molecule has 4 atom stereocenters. The molecule has 9 heteroatoms. The van der Waals surface area contributed by atoms with Gasteiger partial charge in [0.1, 0.15) is 5.75 Å². The van der Waals surface area contributed by atoms with Crippen LogP contribution in [0.2, 0.25) is 0 Å². The summed E-state index contributed by atoms with van der Waals surface area (Å²) < 4.78 is 0. The number of hydrogen-bond acceptors (Lipinski definition) is 7. The fraction of sp³-hybridized carbons (Fsp3) is 0.438. The molecular formula is C32H40BNO7. The minimum atomic E-state index is -1.74. The van der Waals surface area contributed by atoms with Crippen LogP contribution in [0.25, 0.3) is 6.08 Å². The Morgan fingerprint density at radius 3 is 2.37 bits per heavy atom. The number of phenolic OH excluding ortho intramolecular Hbond substituents is 1. The van der Waals surface area contributed by atoms with E-state index in [1.165, 1.54) is 12.1 Å². The lowest BCUT2D eigenvalue weighted by molar-refractivity contribution is -0.123. The third-order valence-electron chi connectivity index (χ3n) is 8.50. The van der Waals surface area contributed by atoms with Crippen LogP contribution in [0, 0.1) is 31.6 Å². The monoisotopic (exact) mass is 561 g/mol. The van der Waals surface area contributed by atoms with E-state index in [0.29, 0.717) is 30.6 Å². The highest BCUT2D eigenvalue weighted by atomic mass is 16.4. The first-order valence-electron chi connectivity index (χ1n) is 14.3. The number of nitrogens with zero attached hydrogens (tertiary/aromatic N) is 1.